The quantitative estimate of drug-likeness (QED) is 0.766. The van der Waals surface area contributed by atoms with Gasteiger partial charge in [0, 0.05) is 23.1 Å². The molecule has 0 heterocycles. The zero-order valence-electron chi connectivity index (χ0n) is 12.0. The highest BCUT2D eigenvalue weighted by molar-refractivity contribution is 9.10. The number of rotatable bonds is 5. The molecule has 23 heavy (non-hydrogen) atoms. The van der Waals surface area contributed by atoms with E-state index < -0.39 is 11.7 Å². The van der Waals surface area contributed by atoms with Crippen LogP contribution in [0.15, 0.2) is 53.0 Å². The number of carbonyl (C=O) groups is 1. The maximum atomic E-state index is 12.4. The van der Waals surface area contributed by atoms with Crippen molar-refractivity contribution in [3.8, 4) is 0 Å². The Hall–Kier alpha value is -2.02. The van der Waals surface area contributed by atoms with Crippen molar-refractivity contribution in [2.75, 3.05) is 17.2 Å². The Morgan fingerprint density at radius 1 is 1.04 bits per heavy atom. The van der Waals surface area contributed by atoms with Crippen LogP contribution in [-0.2, 0) is 11.0 Å². The molecule has 0 saturated heterocycles. The number of amides is 1. The van der Waals surface area contributed by atoms with E-state index in [2.05, 4.69) is 26.6 Å². The summed E-state index contributed by atoms with van der Waals surface area (Å²) in [6, 6.07) is 11.9. The topological polar surface area (TPSA) is 41.1 Å². The number of anilines is 2. The minimum Gasteiger partial charge on any atom is -0.385 e. The molecule has 1 amide bonds. The molecule has 3 nitrogen and oxygen atoms in total. The van der Waals surface area contributed by atoms with Crippen LogP contribution in [0.1, 0.15) is 12.0 Å². The van der Waals surface area contributed by atoms with Crippen LogP contribution in [0.25, 0.3) is 0 Å². The van der Waals surface area contributed by atoms with E-state index in [0.717, 1.165) is 16.6 Å². The van der Waals surface area contributed by atoms with Crippen molar-refractivity contribution in [3.63, 3.8) is 0 Å². The summed E-state index contributed by atoms with van der Waals surface area (Å²) in [5.41, 5.74) is 0.508. The van der Waals surface area contributed by atoms with E-state index in [9.17, 15) is 18.0 Å². The molecule has 0 aromatic heterocycles. The first-order valence-corrected chi connectivity index (χ1v) is 7.61. The Morgan fingerprint density at radius 2 is 1.70 bits per heavy atom. The van der Waals surface area contributed by atoms with E-state index in [-0.39, 0.29) is 12.3 Å². The first kappa shape index (κ1) is 17.3. The van der Waals surface area contributed by atoms with Crippen LogP contribution in [0.2, 0.25) is 0 Å². The molecule has 2 aromatic carbocycles. The van der Waals surface area contributed by atoms with Crippen molar-refractivity contribution in [1.82, 2.24) is 0 Å². The van der Waals surface area contributed by atoms with Crippen molar-refractivity contribution in [3.05, 3.63) is 58.6 Å². The summed E-state index contributed by atoms with van der Waals surface area (Å²) >= 11 is 3.33. The molecule has 0 aliphatic rings. The molecule has 0 spiro atoms. The highest BCUT2D eigenvalue weighted by atomic mass is 79.9. The lowest BCUT2D eigenvalue weighted by Gasteiger charge is -2.10. The van der Waals surface area contributed by atoms with Crippen LogP contribution in [-0.4, -0.2) is 12.5 Å². The number of alkyl halides is 3. The summed E-state index contributed by atoms with van der Waals surface area (Å²) in [6.45, 7) is 0.321. The molecular formula is C16H14BrF3N2O. The number of para-hydroxylation sites is 1. The number of hydrogen-bond donors (Lipinski definition) is 2. The molecule has 122 valence electrons. The van der Waals surface area contributed by atoms with Gasteiger partial charge in [-0.3, -0.25) is 4.79 Å². The molecule has 0 aliphatic carbocycles. The van der Waals surface area contributed by atoms with Crippen molar-refractivity contribution in [2.24, 2.45) is 0 Å². The average Bonchev–Trinajstić information content (AvgIpc) is 2.49. The maximum Gasteiger partial charge on any atom is 0.416 e. The Kier molecular flexibility index (Phi) is 5.65. The van der Waals surface area contributed by atoms with Crippen LogP contribution >= 0.6 is 15.9 Å². The van der Waals surface area contributed by atoms with Gasteiger partial charge in [-0.15, -0.1) is 0 Å². The molecule has 0 saturated carbocycles. The standard InChI is InChI=1S/C16H14BrF3N2O/c17-13-3-1-2-4-14(13)22-15(23)9-10-21-12-7-5-11(6-8-12)16(18,19)20/h1-8,21H,9-10H2,(H,22,23). The van der Waals surface area contributed by atoms with Crippen LogP contribution in [0.5, 0.6) is 0 Å². The zero-order chi connectivity index (χ0) is 16.9. The molecule has 0 aliphatic heterocycles. The maximum absolute atomic E-state index is 12.4. The average molecular weight is 387 g/mol. The Morgan fingerprint density at radius 3 is 2.30 bits per heavy atom. The van der Waals surface area contributed by atoms with Gasteiger partial charge in [0.1, 0.15) is 0 Å². The Bertz CT molecular complexity index is 672. The second-order valence-corrected chi connectivity index (χ2v) is 5.63. The van der Waals surface area contributed by atoms with Gasteiger partial charge in [-0.05, 0) is 52.3 Å². The zero-order valence-corrected chi connectivity index (χ0v) is 13.5. The smallest absolute Gasteiger partial charge is 0.385 e. The van der Waals surface area contributed by atoms with Gasteiger partial charge < -0.3 is 10.6 Å². The lowest BCUT2D eigenvalue weighted by Crippen LogP contribution is -2.16. The van der Waals surface area contributed by atoms with E-state index in [1.54, 1.807) is 12.1 Å². The van der Waals surface area contributed by atoms with Crippen molar-refractivity contribution in [2.45, 2.75) is 12.6 Å². The van der Waals surface area contributed by atoms with Crippen LogP contribution < -0.4 is 10.6 Å². The largest absolute Gasteiger partial charge is 0.416 e. The van der Waals surface area contributed by atoms with E-state index in [1.807, 2.05) is 12.1 Å². The third-order valence-electron chi connectivity index (χ3n) is 3.04. The van der Waals surface area contributed by atoms with Crippen molar-refractivity contribution >= 4 is 33.2 Å². The van der Waals surface area contributed by atoms with Gasteiger partial charge in [0.2, 0.25) is 5.91 Å². The minimum absolute atomic E-state index is 0.184. The first-order chi connectivity index (χ1) is 10.9. The number of benzene rings is 2. The van der Waals surface area contributed by atoms with Gasteiger partial charge in [0.15, 0.2) is 0 Å². The summed E-state index contributed by atoms with van der Waals surface area (Å²) in [4.78, 5) is 11.8. The lowest BCUT2D eigenvalue weighted by atomic mass is 10.2. The van der Waals surface area contributed by atoms with E-state index >= 15 is 0 Å². The molecule has 0 atom stereocenters. The minimum atomic E-state index is -4.35. The van der Waals surface area contributed by atoms with E-state index in [1.165, 1.54) is 12.1 Å². The fourth-order valence-electron chi connectivity index (χ4n) is 1.87. The van der Waals surface area contributed by atoms with Gasteiger partial charge in [0.05, 0.1) is 11.3 Å². The van der Waals surface area contributed by atoms with Gasteiger partial charge in [-0.1, -0.05) is 12.1 Å². The number of carbonyl (C=O) groups excluding carboxylic acids is 1. The SMILES string of the molecule is O=C(CCNc1ccc(C(F)(F)F)cc1)Nc1ccccc1Br. The number of hydrogen-bond acceptors (Lipinski definition) is 2. The predicted molar refractivity (Wildman–Crippen MR) is 87.3 cm³/mol. The highest BCUT2D eigenvalue weighted by Crippen LogP contribution is 2.29. The fraction of sp³-hybridized carbons (Fsp3) is 0.188. The highest BCUT2D eigenvalue weighted by Gasteiger charge is 2.29. The van der Waals surface area contributed by atoms with Crippen LogP contribution in [0, 0.1) is 0 Å². The number of halogens is 4. The van der Waals surface area contributed by atoms with Gasteiger partial charge >= 0.3 is 6.18 Å². The molecule has 0 unspecified atom stereocenters. The third kappa shape index (κ3) is 5.28. The molecule has 2 N–H and O–H groups in total. The summed E-state index contributed by atoms with van der Waals surface area (Å²) in [5, 5.41) is 5.67. The summed E-state index contributed by atoms with van der Waals surface area (Å²) in [6.07, 6.45) is -4.15. The summed E-state index contributed by atoms with van der Waals surface area (Å²) < 4.78 is 38.1. The van der Waals surface area contributed by atoms with Gasteiger partial charge in [-0.25, -0.2) is 0 Å². The van der Waals surface area contributed by atoms with E-state index in [0.29, 0.717) is 17.9 Å². The Labute approximate surface area is 140 Å². The summed E-state index contributed by atoms with van der Waals surface area (Å²) in [5.74, 6) is -0.184. The lowest BCUT2D eigenvalue weighted by molar-refractivity contribution is -0.137. The molecule has 0 bridgehead atoms. The van der Waals surface area contributed by atoms with Crippen molar-refractivity contribution < 1.29 is 18.0 Å². The number of nitrogens with one attached hydrogen (secondary N) is 2. The molecule has 0 fully saturated rings. The predicted octanol–water partition coefficient (Wildman–Crippen LogP) is 4.91. The normalized spacial score (nSPS) is 11.1. The fourth-order valence-corrected chi connectivity index (χ4v) is 2.26. The Balaban J connectivity index is 1.81. The second kappa shape index (κ2) is 7.50. The monoisotopic (exact) mass is 386 g/mol. The van der Waals surface area contributed by atoms with Crippen LogP contribution in [0.4, 0.5) is 24.5 Å². The van der Waals surface area contributed by atoms with Gasteiger partial charge in [0.25, 0.3) is 0 Å². The summed E-state index contributed by atoms with van der Waals surface area (Å²) in [7, 11) is 0. The van der Waals surface area contributed by atoms with Crippen molar-refractivity contribution in [1.29, 1.82) is 0 Å². The van der Waals surface area contributed by atoms with E-state index in [4.69, 9.17) is 0 Å². The molecule has 2 rings (SSSR count). The van der Waals surface area contributed by atoms with Gasteiger partial charge in [-0.2, -0.15) is 13.2 Å². The van der Waals surface area contributed by atoms with Crippen LogP contribution in [0.3, 0.4) is 0 Å². The second-order valence-electron chi connectivity index (χ2n) is 4.78. The molecule has 2 aromatic rings. The molecule has 0 radical (unpaired) electrons. The molecule has 7 heteroatoms. The first-order valence-electron chi connectivity index (χ1n) is 6.82. The molecular weight excluding hydrogens is 373 g/mol. The third-order valence-corrected chi connectivity index (χ3v) is 3.73.